The Hall–Kier alpha value is -2.57. The summed E-state index contributed by atoms with van der Waals surface area (Å²) in [5, 5.41) is 12.0. The first-order valence-corrected chi connectivity index (χ1v) is 6.76. The van der Waals surface area contributed by atoms with Gasteiger partial charge in [0.25, 0.3) is 0 Å². The number of amides is 1. The number of hydrogen-bond acceptors (Lipinski definition) is 3. The van der Waals surface area contributed by atoms with Gasteiger partial charge in [-0.15, -0.1) is 0 Å². The predicted octanol–water partition coefficient (Wildman–Crippen LogP) is 0.867. The number of para-hydroxylation sites is 1. The van der Waals surface area contributed by atoms with Crippen molar-refractivity contribution in [3.8, 4) is 0 Å². The number of nitrogens with one attached hydrogen (secondary N) is 2. The van der Waals surface area contributed by atoms with Gasteiger partial charge in [0.05, 0.1) is 16.6 Å². The number of aromatic amines is 1. The molecule has 3 rings (SSSR count). The van der Waals surface area contributed by atoms with Crippen LogP contribution in [0.2, 0.25) is 0 Å². The highest BCUT2D eigenvalue weighted by Crippen LogP contribution is 2.22. The number of rotatable bonds is 4. The maximum absolute atomic E-state index is 12.1. The molecule has 1 atom stereocenters. The normalized spacial score (nSPS) is 15.9. The van der Waals surface area contributed by atoms with Gasteiger partial charge in [0.2, 0.25) is 5.91 Å². The molecule has 7 heteroatoms. The summed E-state index contributed by atoms with van der Waals surface area (Å²) in [6.45, 7) is 1.62. The Bertz CT molecular complexity index is 785. The minimum Gasteiger partial charge on any atom is -0.478 e. The van der Waals surface area contributed by atoms with Crippen molar-refractivity contribution in [2.75, 3.05) is 0 Å². The molecule has 1 fully saturated rings. The number of nitrogens with zero attached hydrogens (tertiary/aromatic N) is 1. The summed E-state index contributed by atoms with van der Waals surface area (Å²) in [4.78, 5) is 37.9. The van der Waals surface area contributed by atoms with E-state index >= 15 is 0 Å². The molecule has 0 saturated heterocycles. The van der Waals surface area contributed by atoms with E-state index in [1.165, 1.54) is 10.6 Å². The fraction of sp³-hybridized carbons (Fsp3) is 0.357. The molecule has 0 aliphatic heterocycles. The van der Waals surface area contributed by atoms with E-state index in [1.54, 1.807) is 19.1 Å². The number of carbonyl (C=O) groups is 2. The van der Waals surface area contributed by atoms with Gasteiger partial charge < -0.3 is 15.4 Å². The van der Waals surface area contributed by atoms with Gasteiger partial charge in [0, 0.05) is 6.04 Å². The number of benzene rings is 1. The molecular weight excluding hydrogens is 274 g/mol. The van der Waals surface area contributed by atoms with Crippen molar-refractivity contribution < 1.29 is 14.7 Å². The number of hydrogen-bond donors (Lipinski definition) is 3. The third-order valence-corrected chi connectivity index (χ3v) is 3.67. The topological polar surface area (TPSA) is 104 Å². The zero-order valence-electron chi connectivity index (χ0n) is 11.4. The van der Waals surface area contributed by atoms with Crippen LogP contribution in [-0.4, -0.2) is 32.6 Å². The van der Waals surface area contributed by atoms with Gasteiger partial charge in [-0.2, -0.15) is 0 Å². The molecule has 110 valence electrons. The van der Waals surface area contributed by atoms with Crippen LogP contribution in [0.25, 0.3) is 11.0 Å². The average molecular weight is 289 g/mol. The first-order chi connectivity index (χ1) is 9.99. The summed E-state index contributed by atoms with van der Waals surface area (Å²) in [6.07, 6.45) is 1.93. The van der Waals surface area contributed by atoms with E-state index in [0.717, 1.165) is 12.8 Å². The lowest BCUT2D eigenvalue weighted by Gasteiger charge is -2.13. The molecule has 1 heterocycles. The summed E-state index contributed by atoms with van der Waals surface area (Å²) >= 11 is 0. The van der Waals surface area contributed by atoms with Crippen LogP contribution < -0.4 is 11.0 Å². The summed E-state index contributed by atoms with van der Waals surface area (Å²) < 4.78 is 1.29. The van der Waals surface area contributed by atoms with E-state index in [9.17, 15) is 14.4 Å². The van der Waals surface area contributed by atoms with E-state index in [0.29, 0.717) is 5.52 Å². The number of aromatic carboxylic acids is 1. The molecule has 0 radical (unpaired) electrons. The molecule has 7 nitrogen and oxygen atoms in total. The third-order valence-electron chi connectivity index (χ3n) is 3.67. The third kappa shape index (κ3) is 2.31. The minimum absolute atomic E-state index is 0.0122. The fourth-order valence-corrected chi connectivity index (χ4v) is 2.38. The summed E-state index contributed by atoms with van der Waals surface area (Å²) in [5.74, 6) is -1.36. The Morgan fingerprint density at radius 3 is 2.76 bits per heavy atom. The Balaban J connectivity index is 2.07. The van der Waals surface area contributed by atoms with Crippen LogP contribution in [-0.2, 0) is 4.79 Å². The van der Waals surface area contributed by atoms with Crippen LogP contribution in [0.15, 0.2) is 23.0 Å². The van der Waals surface area contributed by atoms with Crippen LogP contribution in [0.1, 0.15) is 36.2 Å². The second-order valence-electron chi connectivity index (χ2n) is 5.26. The SMILES string of the molecule is CC(C(=O)NC1CC1)n1c(=O)[nH]c2c(C(=O)O)cccc21. The van der Waals surface area contributed by atoms with Gasteiger partial charge in [-0.3, -0.25) is 9.36 Å². The highest BCUT2D eigenvalue weighted by molar-refractivity contribution is 6.01. The molecule has 2 aromatic rings. The van der Waals surface area contributed by atoms with Crippen LogP contribution in [0.3, 0.4) is 0 Å². The monoisotopic (exact) mass is 289 g/mol. The van der Waals surface area contributed by atoms with E-state index < -0.39 is 17.7 Å². The summed E-state index contributed by atoms with van der Waals surface area (Å²) in [6, 6.07) is 4.10. The highest BCUT2D eigenvalue weighted by Gasteiger charge is 2.28. The van der Waals surface area contributed by atoms with Gasteiger partial charge >= 0.3 is 11.7 Å². The molecule has 1 aromatic heterocycles. The second-order valence-corrected chi connectivity index (χ2v) is 5.26. The quantitative estimate of drug-likeness (QED) is 0.776. The first-order valence-electron chi connectivity index (χ1n) is 6.76. The molecule has 1 unspecified atom stereocenters. The van der Waals surface area contributed by atoms with Crippen molar-refractivity contribution in [3.63, 3.8) is 0 Å². The van der Waals surface area contributed by atoms with Crippen molar-refractivity contribution in [3.05, 3.63) is 34.2 Å². The largest absolute Gasteiger partial charge is 0.478 e. The average Bonchev–Trinajstić information content (AvgIpc) is 3.17. The van der Waals surface area contributed by atoms with Crippen molar-refractivity contribution in [2.45, 2.75) is 31.8 Å². The second kappa shape index (κ2) is 4.76. The van der Waals surface area contributed by atoms with Gasteiger partial charge in [-0.05, 0) is 31.9 Å². The van der Waals surface area contributed by atoms with Gasteiger partial charge in [0.15, 0.2) is 0 Å². The van der Waals surface area contributed by atoms with Gasteiger partial charge in [-0.1, -0.05) is 6.07 Å². The number of aromatic nitrogens is 2. The maximum atomic E-state index is 12.1. The number of imidazole rings is 1. The van der Waals surface area contributed by atoms with E-state index in [2.05, 4.69) is 10.3 Å². The fourth-order valence-electron chi connectivity index (χ4n) is 2.38. The lowest BCUT2D eigenvalue weighted by atomic mass is 10.2. The van der Waals surface area contributed by atoms with E-state index in [1.807, 2.05) is 0 Å². The van der Waals surface area contributed by atoms with Crippen LogP contribution >= 0.6 is 0 Å². The number of carboxylic acids is 1. The molecular formula is C14H15N3O4. The van der Waals surface area contributed by atoms with Crippen molar-refractivity contribution in [2.24, 2.45) is 0 Å². The molecule has 1 aliphatic carbocycles. The summed E-state index contributed by atoms with van der Waals surface area (Å²) in [7, 11) is 0. The molecule has 1 amide bonds. The highest BCUT2D eigenvalue weighted by atomic mass is 16.4. The van der Waals surface area contributed by atoms with Gasteiger partial charge in [-0.25, -0.2) is 9.59 Å². The number of fused-ring (bicyclic) bond motifs is 1. The Morgan fingerprint density at radius 1 is 1.43 bits per heavy atom. The molecule has 0 bridgehead atoms. The molecule has 0 spiro atoms. The molecule has 21 heavy (non-hydrogen) atoms. The minimum atomic E-state index is -1.12. The first kappa shape index (κ1) is 13.4. The Labute approximate surface area is 119 Å². The number of H-pyrrole nitrogens is 1. The lowest BCUT2D eigenvalue weighted by Crippen LogP contribution is -2.35. The van der Waals surface area contributed by atoms with Gasteiger partial charge in [0.1, 0.15) is 6.04 Å². The Morgan fingerprint density at radius 2 is 2.14 bits per heavy atom. The standard InChI is InChI=1S/C14H15N3O4/c1-7(12(18)15-8-5-6-8)17-10-4-2-3-9(13(19)20)11(10)16-14(17)21/h2-4,7-8H,5-6H2,1H3,(H,15,18)(H,16,21)(H,19,20). The maximum Gasteiger partial charge on any atom is 0.337 e. The lowest BCUT2D eigenvalue weighted by molar-refractivity contribution is -0.124. The van der Waals surface area contributed by atoms with Crippen LogP contribution in [0.5, 0.6) is 0 Å². The van der Waals surface area contributed by atoms with E-state index in [-0.39, 0.29) is 23.0 Å². The van der Waals surface area contributed by atoms with Crippen LogP contribution in [0, 0.1) is 0 Å². The van der Waals surface area contributed by atoms with E-state index in [4.69, 9.17) is 5.11 Å². The molecule has 1 saturated carbocycles. The van der Waals surface area contributed by atoms with Crippen molar-refractivity contribution >= 4 is 22.9 Å². The number of carboxylic acid groups (broad SMARTS) is 1. The van der Waals surface area contributed by atoms with Crippen LogP contribution in [0.4, 0.5) is 0 Å². The van der Waals surface area contributed by atoms with Crippen molar-refractivity contribution in [1.29, 1.82) is 0 Å². The smallest absolute Gasteiger partial charge is 0.337 e. The van der Waals surface area contributed by atoms with Crippen molar-refractivity contribution in [1.82, 2.24) is 14.9 Å². The summed E-state index contributed by atoms with van der Waals surface area (Å²) in [5.41, 5.74) is 0.176. The zero-order valence-corrected chi connectivity index (χ0v) is 11.4. The number of carbonyl (C=O) groups excluding carboxylic acids is 1. The zero-order chi connectivity index (χ0) is 15.1. The molecule has 3 N–H and O–H groups in total. The Kier molecular flexibility index (Phi) is 3.04. The molecule has 1 aliphatic rings. The molecule has 1 aromatic carbocycles. The predicted molar refractivity (Wildman–Crippen MR) is 75.4 cm³/mol.